The molecule has 0 unspecified atom stereocenters. The Balaban J connectivity index is 1.43. The number of piperidine rings is 1. The minimum Gasteiger partial charge on any atom is -0.372 e. The Morgan fingerprint density at radius 1 is 1.20 bits per heavy atom. The van der Waals surface area contributed by atoms with Crippen molar-refractivity contribution in [3.63, 3.8) is 0 Å². The highest BCUT2D eigenvalue weighted by Crippen LogP contribution is 2.38. The Hall–Kier alpha value is -1.82. The third-order valence-corrected chi connectivity index (χ3v) is 5.29. The van der Waals surface area contributed by atoms with Crippen LogP contribution in [0.5, 0.6) is 0 Å². The van der Waals surface area contributed by atoms with Gasteiger partial charge >= 0.3 is 0 Å². The molecule has 1 aromatic carbocycles. The van der Waals surface area contributed by atoms with Crippen molar-refractivity contribution < 1.29 is 9.47 Å². The Morgan fingerprint density at radius 2 is 2.12 bits per heavy atom. The van der Waals surface area contributed by atoms with E-state index < -0.39 is 0 Å². The zero-order valence-corrected chi connectivity index (χ0v) is 14.5. The summed E-state index contributed by atoms with van der Waals surface area (Å²) in [4.78, 5) is 11.0. The van der Waals surface area contributed by atoms with Crippen molar-refractivity contribution in [2.45, 2.75) is 44.1 Å². The third-order valence-electron chi connectivity index (χ3n) is 5.29. The lowest BCUT2D eigenvalue weighted by Gasteiger charge is -2.44. The molecule has 0 N–H and O–H groups in total. The van der Waals surface area contributed by atoms with Crippen LogP contribution in [0.1, 0.15) is 30.5 Å². The fourth-order valence-corrected chi connectivity index (χ4v) is 3.93. The SMILES string of the molecule is c1ccc(CO[C@H]2CN(Cc3cnccn3)CC[C@@]23CCCO3)cc1. The van der Waals surface area contributed by atoms with Gasteiger partial charge in [0.25, 0.3) is 0 Å². The molecule has 2 saturated heterocycles. The van der Waals surface area contributed by atoms with Crippen LogP contribution in [-0.2, 0) is 22.6 Å². The molecule has 1 spiro atoms. The summed E-state index contributed by atoms with van der Waals surface area (Å²) in [6.45, 7) is 4.20. The summed E-state index contributed by atoms with van der Waals surface area (Å²) in [5.74, 6) is 0. The highest BCUT2D eigenvalue weighted by atomic mass is 16.6. The van der Waals surface area contributed by atoms with Crippen LogP contribution >= 0.6 is 0 Å². The first-order valence-electron chi connectivity index (χ1n) is 9.11. The molecule has 0 radical (unpaired) electrons. The van der Waals surface area contributed by atoms with E-state index in [1.54, 1.807) is 12.4 Å². The zero-order valence-electron chi connectivity index (χ0n) is 14.5. The number of nitrogens with zero attached hydrogens (tertiary/aromatic N) is 3. The Morgan fingerprint density at radius 3 is 2.88 bits per heavy atom. The van der Waals surface area contributed by atoms with E-state index in [9.17, 15) is 0 Å². The third kappa shape index (κ3) is 3.89. The summed E-state index contributed by atoms with van der Waals surface area (Å²) >= 11 is 0. The summed E-state index contributed by atoms with van der Waals surface area (Å²) in [5, 5.41) is 0. The highest BCUT2D eigenvalue weighted by Gasteiger charge is 2.47. The van der Waals surface area contributed by atoms with Gasteiger partial charge in [0, 0.05) is 44.8 Å². The number of likely N-dealkylation sites (tertiary alicyclic amines) is 1. The van der Waals surface area contributed by atoms with Crippen molar-refractivity contribution >= 4 is 0 Å². The van der Waals surface area contributed by atoms with Gasteiger partial charge in [0.05, 0.1) is 24.0 Å². The normalized spacial score (nSPS) is 27.0. The molecule has 3 heterocycles. The molecule has 5 nitrogen and oxygen atoms in total. The van der Waals surface area contributed by atoms with Crippen LogP contribution in [0, 0.1) is 0 Å². The molecule has 2 aliphatic rings. The minimum atomic E-state index is -0.104. The van der Waals surface area contributed by atoms with Crippen molar-refractivity contribution in [3.8, 4) is 0 Å². The van der Waals surface area contributed by atoms with Gasteiger partial charge in [-0.2, -0.15) is 0 Å². The number of hydrogen-bond acceptors (Lipinski definition) is 5. The second-order valence-corrected chi connectivity index (χ2v) is 6.98. The summed E-state index contributed by atoms with van der Waals surface area (Å²) in [6.07, 6.45) is 8.67. The molecule has 2 aromatic rings. The van der Waals surface area contributed by atoms with Gasteiger partial charge in [-0.05, 0) is 24.8 Å². The average Bonchev–Trinajstić information content (AvgIpc) is 3.13. The van der Waals surface area contributed by atoms with Gasteiger partial charge in [-0.15, -0.1) is 0 Å². The van der Waals surface area contributed by atoms with Crippen LogP contribution in [0.3, 0.4) is 0 Å². The maximum absolute atomic E-state index is 6.37. The van der Waals surface area contributed by atoms with Crippen LogP contribution in [0.2, 0.25) is 0 Å². The lowest BCUT2D eigenvalue weighted by atomic mass is 9.85. The summed E-state index contributed by atoms with van der Waals surface area (Å²) < 4.78 is 12.6. The topological polar surface area (TPSA) is 47.5 Å². The molecule has 4 rings (SSSR count). The molecule has 0 amide bonds. The van der Waals surface area contributed by atoms with Crippen LogP contribution in [0.4, 0.5) is 0 Å². The van der Waals surface area contributed by atoms with E-state index in [4.69, 9.17) is 9.47 Å². The fraction of sp³-hybridized carbons (Fsp3) is 0.500. The van der Waals surface area contributed by atoms with Crippen LogP contribution < -0.4 is 0 Å². The monoisotopic (exact) mass is 339 g/mol. The smallest absolute Gasteiger partial charge is 0.0996 e. The number of rotatable bonds is 5. The molecule has 25 heavy (non-hydrogen) atoms. The van der Waals surface area contributed by atoms with E-state index >= 15 is 0 Å². The first-order valence-corrected chi connectivity index (χ1v) is 9.11. The fourth-order valence-electron chi connectivity index (χ4n) is 3.93. The van der Waals surface area contributed by atoms with E-state index in [0.717, 1.165) is 51.2 Å². The van der Waals surface area contributed by atoms with Gasteiger partial charge in [-0.3, -0.25) is 14.9 Å². The maximum Gasteiger partial charge on any atom is 0.0996 e. The standard InChI is InChI=1S/C20H25N3O2/c1-2-5-17(6-3-1)16-24-19-15-23(14-18-13-21-9-10-22-18)11-8-20(19)7-4-12-25-20/h1-3,5-6,9-10,13,19H,4,7-8,11-12,14-16H2/t19-,20-/m0/s1. The van der Waals surface area contributed by atoms with Gasteiger partial charge in [0.15, 0.2) is 0 Å². The quantitative estimate of drug-likeness (QED) is 0.838. The molecule has 2 atom stereocenters. The molecular formula is C20H25N3O2. The van der Waals surface area contributed by atoms with Crippen molar-refractivity contribution in [2.75, 3.05) is 19.7 Å². The second kappa shape index (κ2) is 7.60. The van der Waals surface area contributed by atoms with Gasteiger partial charge in [-0.25, -0.2) is 0 Å². The lowest BCUT2D eigenvalue weighted by molar-refractivity contribution is -0.159. The minimum absolute atomic E-state index is 0.0978. The Kier molecular flexibility index (Phi) is 5.06. The highest BCUT2D eigenvalue weighted by molar-refractivity contribution is 5.13. The number of benzene rings is 1. The lowest BCUT2D eigenvalue weighted by Crippen LogP contribution is -2.56. The van der Waals surface area contributed by atoms with Gasteiger partial charge in [0.1, 0.15) is 0 Å². The number of hydrogen-bond donors (Lipinski definition) is 0. The second-order valence-electron chi connectivity index (χ2n) is 6.98. The summed E-state index contributed by atoms with van der Waals surface area (Å²) in [6, 6.07) is 10.4. The molecule has 132 valence electrons. The maximum atomic E-state index is 6.37. The molecule has 0 saturated carbocycles. The van der Waals surface area contributed by atoms with Gasteiger partial charge in [-0.1, -0.05) is 30.3 Å². The van der Waals surface area contributed by atoms with Crippen LogP contribution in [0.25, 0.3) is 0 Å². The van der Waals surface area contributed by atoms with Crippen LogP contribution in [0.15, 0.2) is 48.9 Å². The van der Waals surface area contributed by atoms with Gasteiger partial charge in [0.2, 0.25) is 0 Å². The van der Waals surface area contributed by atoms with E-state index in [1.807, 2.05) is 12.3 Å². The molecule has 1 aromatic heterocycles. The Labute approximate surface area is 149 Å². The van der Waals surface area contributed by atoms with E-state index in [-0.39, 0.29) is 11.7 Å². The molecule has 2 fully saturated rings. The van der Waals surface area contributed by atoms with E-state index in [0.29, 0.717) is 6.61 Å². The molecule has 2 aliphatic heterocycles. The summed E-state index contributed by atoms with van der Waals surface area (Å²) in [5.41, 5.74) is 2.11. The largest absolute Gasteiger partial charge is 0.372 e. The predicted molar refractivity (Wildman–Crippen MR) is 94.9 cm³/mol. The number of aromatic nitrogens is 2. The van der Waals surface area contributed by atoms with E-state index in [2.05, 4.69) is 39.1 Å². The molecule has 5 heteroatoms. The van der Waals surface area contributed by atoms with Crippen LogP contribution in [-0.4, -0.2) is 46.3 Å². The van der Waals surface area contributed by atoms with Crippen molar-refractivity contribution in [2.24, 2.45) is 0 Å². The predicted octanol–water partition coefficient (Wildman–Crippen LogP) is 2.82. The first kappa shape index (κ1) is 16.6. The van der Waals surface area contributed by atoms with Crippen molar-refractivity contribution in [3.05, 3.63) is 60.2 Å². The Bertz CT molecular complexity index is 659. The zero-order chi connectivity index (χ0) is 17.0. The molecular weight excluding hydrogens is 314 g/mol. The molecule has 0 aliphatic carbocycles. The first-order chi connectivity index (χ1) is 12.3. The van der Waals surface area contributed by atoms with Crippen molar-refractivity contribution in [1.29, 1.82) is 0 Å². The summed E-state index contributed by atoms with van der Waals surface area (Å²) in [7, 11) is 0. The number of ether oxygens (including phenoxy) is 2. The van der Waals surface area contributed by atoms with E-state index in [1.165, 1.54) is 5.56 Å². The average molecular weight is 339 g/mol. The van der Waals surface area contributed by atoms with Gasteiger partial charge < -0.3 is 9.47 Å². The molecule has 0 bridgehead atoms. The van der Waals surface area contributed by atoms with Crippen molar-refractivity contribution in [1.82, 2.24) is 14.9 Å².